The Morgan fingerprint density at radius 2 is 1.62 bits per heavy atom. The maximum Gasteiger partial charge on any atom is 0.277 e. The van der Waals surface area contributed by atoms with Gasteiger partial charge in [0.05, 0.1) is 12.2 Å². The van der Waals surface area contributed by atoms with Gasteiger partial charge in [-0.25, -0.2) is 0 Å². The van der Waals surface area contributed by atoms with E-state index in [0.717, 1.165) is 11.1 Å². The first kappa shape index (κ1) is 16.3. The number of hydrogen-bond acceptors (Lipinski definition) is 5. The maximum absolute atomic E-state index is 11.9. The first-order valence-corrected chi connectivity index (χ1v) is 8.58. The van der Waals surface area contributed by atoms with Crippen molar-refractivity contribution in [2.24, 2.45) is 0 Å². The molecule has 0 saturated heterocycles. The van der Waals surface area contributed by atoms with Crippen molar-refractivity contribution in [1.29, 1.82) is 0 Å². The number of nitrogens with zero attached hydrogens (tertiary/aromatic N) is 2. The Balaban J connectivity index is 1.44. The Bertz CT molecular complexity index is 775. The van der Waals surface area contributed by atoms with Crippen LogP contribution in [0.2, 0.25) is 0 Å². The summed E-state index contributed by atoms with van der Waals surface area (Å²) in [5, 5.41) is 11.3. The molecule has 5 nitrogen and oxygen atoms in total. The number of aromatic nitrogens is 2. The third kappa shape index (κ3) is 4.96. The van der Waals surface area contributed by atoms with Crippen molar-refractivity contribution in [3.63, 3.8) is 0 Å². The number of thioether (sulfide) groups is 1. The highest BCUT2D eigenvalue weighted by molar-refractivity contribution is 7.99. The largest absolute Gasteiger partial charge is 0.416 e. The molecule has 0 bridgehead atoms. The molecular formula is C18H17N3O2S. The topological polar surface area (TPSA) is 68.0 Å². The van der Waals surface area contributed by atoms with Crippen LogP contribution in [0.3, 0.4) is 0 Å². The molecule has 1 N–H and O–H groups in total. The van der Waals surface area contributed by atoms with Gasteiger partial charge >= 0.3 is 0 Å². The molecule has 0 unspecified atom stereocenters. The van der Waals surface area contributed by atoms with Crippen LogP contribution in [0, 0.1) is 0 Å². The van der Waals surface area contributed by atoms with E-state index in [9.17, 15) is 4.79 Å². The fourth-order valence-electron chi connectivity index (χ4n) is 2.11. The summed E-state index contributed by atoms with van der Waals surface area (Å²) in [6.45, 7) is 0.517. The second-order valence-corrected chi connectivity index (χ2v) is 6.10. The molecular weight excluding hydrogens is 322 g/mol. The average Bonchev–Trinajstić information content (AvgIpc) is 3.07. The predicted molar refractivity (Wildman–Crippen MR) is 92.6 cm³/mol. The lowest BCUT2D eigenvalue weighted by Crippen LogP contribution is -2.24. The van der Waals surface area contributed by atoms with Gasteiger partial charge in [-0.3, -0.25) is 4.79 Å². The third-order valence-electron chi connectivity index (χ3n) is 3.31. The van der Waals surface area contributed by atoms with Crippen LogP contribution >= 0.6 is 11.8 Å². The monoisotopic (exact) mass is 339 g/mol. The number of amides is 1. The first-order valence-electron chi connectivity index (χ1n) is 7.59. The van der Waals surface area contributed by atoms with Gasteiger partial charge in [-0.15, -0.1) is 10.2 Å². The molecule has 0 radical (unpaired) electrons. The van der Waals surface area contributed by atoms with Crippen LogP contribution in [0.25, 0.3) is 0 Å². The highest BCUT2D eigenvalue weighted by Gasteiger charge is 2.10. The number of carbonyl (C=O) groups is 1. The maximum atomic E-state index is 11.9. The van der Waals surface area contributed by atoms with Crippen molar-refractivity contribution in [1.82, 2.24) is 15.5 Å². The van der Waals surface area contributed by atoms with E-state index in [4.69, 9.17) is 4.42 Å². The van der Waals surface area contributed by atoms with Gasteiger partial charge in [0.2, 0.25) is 11.8 Å². The summed E-state index contributed by atoms with van der Waals surface area (Å²) >= 11 is 1.24. The number of rotatable bonds is 7. The van der Waals surface area contributed by atoms with E-state index in [-0.39, 0.29) is 11.7 Å². The molecule has 1 amide bonds. The second kappa shape index (κ2) is 8.31. The number of benzene rings is 2. The number of nitrogens with one attached hydrogen (secondary N) is 1. The van der Waals surface area contributed by atoms with Gasteiger partial charge in [0.1, 0.15) is 0 Å². The smallest absolute Gasteiger partial charge is 0.277 e. The molecule has 0 aliphatic rings. The normalized spacial score (nSPS) is 10.5. The van der Waals surface area contributed by atoms with Crippen molar-refractivity contribution in [3.05, 3.63) is 77.7 Å². The lowest BCUT2D eigenvalue weighted by Gasteiger charge is -2.03. The summed E-state index contributed by atoms with van der Waals surface area (Å²) in [5.74, 6) is 0.736. The minimum absolute atomic E-state index is 0.0633. The molecule has 0 atom stereocenters. The zero-order valence-electron chi connectivity index (χ0n) is 13.0. The lowest BCUT2D eigenvalue weighted by atomic mass is 10.2. The zero-order chi connectivity index (χ0) is 16.6. The van der Waals surface area contributed by atoms with E-state index in [1.807, 2.05) is 60.7 Å². The summed E-state index contributed by atoms with van der Waals surface area (Å²) in [6.07, 6.45) is 0.592. The second-order valence-electron chi connectivity index (χ2n) is 5.18. The van der Waals surface area contributed by atoms with Gasteiger partial charge in [-0.2, -0.15) is 0 Å². The fourth-order valence-corrected chi connectivity index (χ4v) is 2.72. The van der Waals surface area contributed by atoms with Crippen molar-refractivity contribution in [2.75, 3.05) is 5.75 Å². The third-order valence-corrected chi connectivity index (χ3v) is 4.12. The fraction of sp³-hybridized carbons (Fsp3) is 0.167. The molecule has 0 aliphatic carbocycles. The number of carbonyl (C=O) groups excluding carboxylic acids is 1. The van der Waals surface area contributed by atoms with Crippen molar-refractivity contribution < 1.29 is 9.21 Å². The Morgan fingerprint density at radius 1 is 0.958 bits per heavy atom. The van der Waals surface area contributed by atoms with E-state index in [1.165, 1.54) is 11.8 Å². The van der Waals surface area contributed by atoms with Gasteiger partial charge in [0.15, 0.2) is 0 Å². The standard InChI is InChI=1S/C18H17N3O2S/c22-16(19-12-15-9-5-2-6-10-15)13-24-18-21-20-17(23-18)11-14-7-3-1-4-8-14/h1-10H,11-13H2,(H,19,22). The van der Waals surface area contributed by atoms with Crippen LogP contribution in [-0.4, -0.2) is 21.9 Å². The molecule has 1 aromatic heterocycles. The Labute approximate surface area is 144 Å². The zero-order valence-corrected chi connectivity index (χ0v) is 13.8. The van der Waals surface area contributed by atoms with Crippen LogP contribution in [0.4, 0.5) is 0 Å². The van der Waals surface area contributed by atoms with Crippen LogP contribution in [0.5, 0.6) is 0 Å². The highest BCUT2D eigenvalue weighted by atomic mass is 32.2. The van der Waals surface area contributed by atoms with Crippen LogP contribution in [-0.2, 0) is 17.8 Å². The SMILES string of the molecule is O=C(CSc1nnc(Cc2ccccc2)o1)NCc1ccccc1. The molecule has 3 rings (SSSR count). The lowest BCUT2D eigenvalue weighted by molar-refractivity contribution is -0.118. The summed E-state index contributed by atoms with van der Waals surface area (Å²) in [4.78, 5) is 11.9. The molecule has 24 heavy (non-hydrogen) atoms. The Hall–Kier alpha value is -2.60. The summed E-state index contributed by atoms with van der Waals surface area (Å²) < 4.78 is 5.56. The van der Waals surface area contributed by atoms with E-state index in [0.29, 0.717) is 24.1 Å². The average molecular weight is 339 g/mol. The molecule has 1 heterocycles. The van der Waals surface area contributed by atoms with Crippen LogP contribution in [0.15, 0.2) is 70.3 Å². The molecule has 3 aromatic rings. The van der Waals surface area contributed by atoms with Crippen molar-refractivity contribution in [3.8, 4) is 0 Å². The summed E-state index contributed by atoms with van der Waals surface area (Å²) in [5.41, 5.74) is 2.18. The van der Waals surface area contributed by atoms with Gasteiger partial charge in [0.25, 0.3) is 5.22 Å². The van der Waals surface area contributed by atoms with E-state index in [2.05, 4.69) is 15.5 Å². The van der Waals surface area contributed by atoms with Gasteiger partial charge in [0, 0.05) is 6.54 Å². The van der Waals surface area contributed by atoms with Gasteiger partial charge in [-0.05, 0) is 11.1 Å². The first-order chi connectivity index (χ1) is 11.8. The van der Waals surface area contributed by atoms with Gasteiger partial charge in [-0.1, -0.05) is 72.4 Å². The molecule has 122 valence electrons. The van der Waals surface area contributed by atoms with Crippen molar-refractivity contribution >= 4 is 17.7 Å². The van der Waals surface area contributed by atoms with E-state index >= 15 is 0 Å². The molecule has 0 spiro atoms. The minimum Gasteiger partial charge on any atom is -0.416 e. The van der Waals surface area contributed by atoms with E-state index in [1.54, 1.807) is 0 Å². The Morgan fingerprint density at radius 3 is 2.33 bits per heavy atom. The van der Waals surface area contributed by atoms with Crippen LogP contribution < -0.4 is 5.32 Å². The quantitative estimate of drug-likeness (QED) is 0.670. The molecule has 2 aromatic carbocycles. The predicted octanol–water partition coefficient (Wildman–Crippen LogP) is 3.07. The van der Waals surface area contributed by atoms with Crippen molar-refractivity contribution in [2.45, 2.75) is 18.2 Å². The van der Waals surface area contributed by atoms with Crippen LogP contribution in [0.1, 0.15) is 17.0 Å². The molecule has 6 heteroatoms. The summed E-state index contributed by atoms with van der Waals surface area (Å²) in [7, 11) is 0. The molecule has 0 aliphatic heterocycles. The van der Waals surface area contributed by atoms with E-state index < -0.39 is 0 Å². The molecule has 0 saturated carbocycles. The number of hydrogen-bond donors (Lipinski definition) is 1. The molecule has 0 fully saturated rings. The highest BCUT2D eigenvalue weighted by Crippen LogP contribution is 2.17. The minimum atomic E-state index is -0.0633. The Kier molecular flexibility index (Phi) is 5.63. The van der Waals surface area contributed by atoms with Gasteiger partial charge < -0.3 is 9.73 Å². The summed E-state index contributed by atoms with van der Waals surface area (Å²) in [6, 6.07) is 19.7.